The Balaban J connectivity index is 2.10. The summed E-state index contributed by atoms with van der Waals surface area (Å²) < 4.78 is 5.75. The minimum Gasteiger partial charge on any atom is -0.481 e. The van der Waals surface area contributed by atoms with Gasteiger partial charge in [-0.1, -0.05) is 59.9 Å². The fourth-order valence-corrected chi connectivity index (χ4v) is 2.60. The number of aryl methyl sites for hydroxylation is 1. The Morgan fingerprint density at radius 1 is 1.13 bits per heavy atom. The van der Waals surface area contributed by atoms with Gasteiger partial charge in [0, 0.05) is 0 Å². The number of rotatable bonds is 5. The van der Waals surface area contributed by atoms with Gasteiger partial charge >= 0.3 is 0 Å². The molecule has 0 aliphatic heterocycles. The van der Waals surface area contributed by atoms with E-state index in [-0.39, 0.29) is 5.91 Å². The highest BCUT2D eigenvalue weighted by Crippen LogP contribution is 2.32. The molecule has 2 rings (SSSR count). The molecule has 2 aromatic rings. The van der Waals surface area contributed by atoms with Gasteiger partial charge in [-0.2, -0.15) is 0 Å². The molecule has 0 heterocycles. The SMILES string of the molecule is CCc1ccccc1O[C@H](C)C(=O)Nc1cc(Cl)c(Cl)cc1Cl. The minimum atomic E-state index is -0.687. The van der Waals surface area contributed by atoms with Gasteiger partial charge in [-0.15, -0.1) is 0 Å². The zero-order chi connectivity index (χ0) is 17.0. The molecule has 0 aliphatic rings. The van der Waals surface area contributed by atoms with Crippen LogP contribution < -0.4 is 10.1 Å². The minimum absolute atomic E-state index is 0.314. The summed E-state index contributed by atoms with van der Waals surface area (Å²) in [5.74, 6) is 0.370. The van der Waals surface area contributed by atoms with Crippen molar-refractivity contribution in [1.82, 2.24) is 0 Å². The summed E-state index contributed by atoms with van der Waals surface area (Å²) in [5.41, 5.74) is 1.44. The van der Waals surface area contributed by atoms with Crippen molar-refractivity contribution in [2.24, 2.45) is 0 Å². The number of benzene rings is 2. The van der Waals surface area contributed by atoms with E-state index < -0.39 is 6.10 Å². The molecule has 0 bridgehead atoms. The number of amides is 1. The molecule has 0 unspecified atom stereocenters. The summed E-state index contributed by atoms with van der Waals surface area (Å²) >= 11 is 17.9. The van der Waals surface area contributed by atoms with E-state index in [1.165, 1.54) is 12.1 Å². The van der Waals surface area contributed by atoms with Gasteiger partial charge in [0.05, 0.1) is 20.8 Å². The number of carbonyl (C=O) groups excluding carboxylic acids is 1. The van der Waals surface area contributed by atoms with Gasteiger partial charge in [0.2, 0.25) is 0 Å². The van der Waals surface area contributed by atoms with Crippen LogP contribution in [0.2, 0.25) is 15.1 Å². The standard InChI is InChI=1S/C17H16Cl3NO2/c1-3-11-6-4-5-7-16(11)23-10(2)17(22)21-15-9-13(19)12(18)8-14(15)20/h4-10H,3H2,1-2H3,(H,21,22)/t10-/m1/s1. The zero-order valence-electron chi connectivity index (χ0n) is 12.7. The summed E-state index contributed by atoms with van der Waals surface area (Å²) in [6, 6.07) is 10.6. The van der Waals surface area contributed by atoms with Crippen LogP contribution in [0, 0.1) is 0 Å². The average molecular weight is 373 g/mol. The summed E-state index contributed by atoms with van der Waals surface area (Å²) in [5, 5.41) is 3.66. The summed E-state index contributed by atoms with van der Waals surface area (Å²) in [6.07, 6.45) is 0.136. The van der Waals surface area contributed by atoms with Crippen molar-refractivity contribution < 1.29 is 9.53 Å². The highest BCUT2D eigenvalue weighted by atomic mass is 35.5. The number of carbonyl (C=O) groups is 1. The second-order valence-electron chi connectivity index (χ2n) is 4.96. The number of hydrogen-bond donors (Lipinski definition) is 1. The van der Waals surface area contributed by atoms with Gasteiger partial charge < -0.3 is 10.1 Å². The van der Waals surface area contributed by atoms with E-state index in [0.29, 0.717) is 26.5 Å². The van der Waals surface area contributed by atoms with Crippen LogP contribution in [-0.2, 0) is 11.2 Å². The van der Waals surface area contributed by atoms with Crippen LogP contribution in [0.15, 0.2) is 36.4 Å². The van der Waals surface area contributed by atoms with Gasteiger partial charge in [0.25, 0.3) is 5.91 Å². The predicted molar refractivity (Wildman–Crippen MR) is 96.0 cm³/mol. The van der Waals surface area contributed by atoms with Crippen molar-refractivity contribution in [2.75, 3.05) is 5.32 Å². The van der Waals surface area contributed by atoms with Crippen LogP contribution in [0.25, 0.3) is 0 Å². The molecule has 0 spiro atoms. The molecule has 1 amide bonds. The molecule has 0 aliphatic carbocycles. The van der Waals surface area contributed by atoms with E-state index in [1.54, 1.807) is 6.92 Å². The lowest BCUT2D eigenvalue weighted by molar-refractivity contribution is -0.122. The Kier molecular flexibility index (Phi) is 6.17. The fraction of sp³-hybridized carbons (Fsp3) is 0.235. The zero-order valence-corrected chi connectivity index (χ0v) is 15.0. The van der Waals surface area contributed by atoms with Crippen molar-refractivity contribution in [2.45, 2.75) is 26.4 Å². The summed E-state index contributed by atoms with van der Waals surface area (Å²) in [4.78, 5) is 12.3. The lowest BCUT2D eigenvalue weighted by Crippen LogP contribution is -2.30. The Morgan fingerprint density at radius 2 is 1.78 bits per heavy atom. The first-order valence-electron chi connectivity index (χ1n) is 7.12. The number of halogens is 3. The maximum absolute atomic E-state index is 12.3. The molecule has 0 radical (unpaired) electrons. The molecule has 1 atom stereocenters. The molecule has 1 N–H and O–H groups in total. The van der Waals surface area contributed by atoms with E-state index in [2.05, 4.69) is 5.32 Å². The molecular formula is C17H16Cl3NO2. The summed E-state index contributed by atoms with van der Waals surface area (Å²) in [7, 11) is 0. The van der Waals surface area contributed by atoms with Crippen LogP contribution in [0.5, 0.6) is 5.75 Å². The molecule has 122 valence electrons. The van der Waals surface area contributed by atoms with Gasteiger partial charge in [-0.3, -0.25) is 4.79 Å². The Hall–Kier alpha value is -1.42. The lowest BCUT2D eigenvalue weighted by atomic mass is 10.1. The second-order valence-corrected chi connectivity index (χ2v) is 6.18. The first kappa shape index (κ1) is 17.9. The van der Waals surface area contributed by atoms with E-state index in [4.69, 9.17) is 39.5 Å². The van der Waals surface area contributed by atoms with Crippen molar-refractivity contribution in [1.29, 1.82) is 0 Å². The molecule has 2 aromatic carbocycles. The smallest absolute Gasteiger partial charge is 0.265 e. The second kappa shape index (κ2) is 7.91. The first-order chi connectivity index (χ1) is 10.9. The molecule has 23 heavy (non-hydrogen) atoms. The number of para-hydroxylation sites is 1. The summed E-state index contributed by atoms with van der Waals surface area (Å²) in [6.45, 7) is 3.70. The quantitative estimate of drug-likeness (QED) is 0.692. The lowest BCUT2D eigenvalue weighted by Gasteiger charge is -2.17. The van der Waals surface area contributed by atoms with Crippen molar-refractivity contribution in [3.05, 3.63) is 57.0 Å². The predicted octanol–water partition coefficient (Wildman–Crippen LogP) is 5.62. The van der Waals surface area contributed by atoms with Gasteiger partial charge in [-0.25, -0.2) is 0 Å². The molecule has 0 aromatic heterocycles. The van der Waals surface area contributed by atoms with E-state index in [9.17, 15) is 4.79 Å². The molecule has 0 saturated carbocycles. The third kappa shape index (κ3) is 4.54. The third-order valence-electron chi connectivity index (χ3n) is 3.29. The number of nitrogens with one attached hydrogen (secondary N) is 1. The molecule has 3 nitrogen and oxygen atoms in total. The normalized spacial score (nSPS) is 11.9. The Labute approximate surface area is 150 Å². The van der Waals surface area contributed by atoms with Crippen LogP contribution in [0.3, 0.4) is 0 Å². The van der Waals surface area contributed by atoms with E-state index in [0.717, 1.165) is 12.0 Å². The molecule has 0 saturated heterocycles. The maximum atomic E-state index is 12.3. The first-order valence-corrected chi connectivity index (χ1v) is 8.25. The molecule has 6 heteroatoms. The van der Waals surface area contributed by atoms with Gasteiger partial charge in [0.1, 0.15) is 5.75 Å². The average Bonchev–Trinajstić information content (AvgIpc) is 2.53. The fourth-order valence-electron chi connectivity index (χ4n) is 2.01. The van der Waals surface area contributed by atoms with Gasteiger partial charge in [0.15, 0.2) is 6.10 Å². The van der Waals surface area contributed by atoms with Crippen molar-refractivity contribution in [3.8, 4) is 5.75 Å². The number of hydrogen-bond acceptors (Lipinski definition) is 2. The molecular weight excluding hydrogens is 357 g/mol. The maximum Gasteiger partial charge on any atom is 0.265 e. The number of ether oxygens (including phenoxy) is 1. The largest absolute Gasteiger partial charge is 0.481 e. The monoisotopic (exact) mass is 371 g/mol. The highest BCUT2D eigenvalue weighted by Gasteiger charge is 2.18. The van der Waals surface area contributed by atoms with E-state index >= 15 is 0 Å². The van der Waals surface area contributed by atoms with Crippen molar-refractivity contribution in [3.63, 3.8) is 0 Å². The Morgan fingerprint density at radius 3 is 2.48 bits per heavy atom. The van der Waals surface area contributed by atoms with Crippen LogP contribution >= 0.6 is 34.8 Å². The third-order valence-corrected chi connectivity index (χ3v) is 4.33. The molecule has 0 fully saturated rings. The van der Waals surface area contributed by atoms with E-state index in [1.807, 2.05) is 31.2 Å². The number of anilines is 1. The van der Waals surface area contributed by atoms with Crippen molar-refractivity contribution >= 4 is 46.4 Å². The van der Waals surface area contributed by atoms with Gasteiger partial charge in [-0.05, 0) is 37.1 Å². The van der Waals surface area contributed by atoms with Crippen LogP contribution in [0.1, 0.15) is 19.4 Å². The Bertz CT molecular complexity index is 719. The topological polar surface area (TPSA) is 38.3 Å². The highest BCUT2D eigenvalue weighted by molar-refractivity contribution is 6.44. The van der Waals surface area contributed by atoms with Crippen LogP contribution in [0.4, 0.5) is 5.69 Å². The van der Waals surface area contributed by atoms with Crippen LogP contribution in [-0.4, -0.2) is 12.0 Å².